The summed E-state index contributed by atoms with van der Waals surface area (Å²) >= 11 is 0. The molecule has 0 aromatic heterocycles. The highest BCUT2D eigenvalue weighted by atomic mass is 19.1. The Balaban J connectivity index is 1.93. The van der Waals surface area contributed by atoms with Gasteiger partial charge in [-0.3, -0.25) is 4.79 Å². The molecule has 0 saturated carbocycles. The number of nitrogens with one attached hydrogen (secondary N) is 2. The molecule has 0 radical (unpaired) electrons. The van der Waals surface area contributed by atoms with Crippen molar-refractivity contribution in [1.29, 1.82) is 0 Å². The quantitative estimate of drug-likeness (QED) is 0.789. The summed E-state index contributed by atoms with van der Waals surface area (Å²) in [5.41, 5.74) is 5.79. The Morgan fingerprint density at radius 2 is 1.74 bits per heavy atom. The molecule has 0 fully saturated rings. The van der Waals surface area contributed by atoms with Gasteiger partial charge in [0.2, 0.25) is 0 Å². The molecule has 23 heavy (non-hydrogen) atoms. The number of urea groups is 1. The zero-order valence-electron chi connectivity index (χ0n) is 11.8. The largest absolute Gasteiger partial charge is 0.481 e. The van der Waals surface area contributed by atoms with Crippen molar-refractivity contribution in [2.24, 2.45) is 5.73 Å². The third-order valence-corrected chi connectivity index (χ3v) is 2.67. The molecule has 0 unspecified atom stereocenters. The molecular formula is C15H13F2N3O3. The number of benzene rings is 2. The van der Waals surface area contributed by atoms with Crippen LogP contribution in [0.4, 0.5) is 25.0 Å². The number of hydrogen-bond acceptors (Lipinski definition) is 3. The first kappa shape index (κ1) is 16.2. The van der Waals surface area contributed by atoms with Crippen molar-refractivity contribution >= 4 is 23.3 Å². The number of hydrogen-bond donors (Lipinski definition) is 3. The second-order valence-electron chi connectivity index (χ2n) is 4.48. The van der Waals surface area contributed by atoms with Gasteiger partial charge in [-0.25, -0.2) is 13.6 Å². The maximum Gasteiger partial charge on any atom is 0.316 e. The van der Waals surface area contributed by atoms with Crippen LogP contribution in [-0.2, 0) is 4.79 Å². The minimum Gasteiger partial charge on any atom is -0.481 e. The van der Waals surface area contributed by atoms with E-state index in [0.717, 1.165) is 12.1 Å². The number of carbonyl (C=O) groups is 2. The first-order chi connectivity index (χ1) is 10.9. The average molecular weight is 321 g/mol. The van der Waals surface area contributed by atoms with Crippen LogP contribution in [0, 0.1) is 11.6 Å². The molecule has 0 saturated heterocycles. The highest BCUT2D eigenvalue weighted by molar-refractivity contribution is 5.93. The van der Waals surface area contributed by atoms with Gasteiger partial charge in [-0.1, -0.05) is 6.07 Å². The molecule has 4 N–H and O–H groups in total. The van der Waals surface area contributed by atoms with Gasteiger partial charge >= 0.3 is 6.03 Å². The van der Waals surface area contributed by atoms with Crippen LogP contribution in [0.25, 0.3) is 0 Å². The van der Waals surface area contributed by atoms with E-state index in [1.54, 1.807) is 18.2 Å². The zero-order valence-corrected chi connectivity index (χ0v) is 11.8. The average Bonchev–Trinajstić information content (AvgIpc) is 2.46. The van der Waals surface area contributed by atoms with E-state index in [2.05, 4.69) is 10.6 Å². The Morgan fingerprint density at radius 1 is 1.04 bits per heavy atom. The molecule has 0 aliphatic heterocycles. The van der Waals surface area contributed by atoms with Crippen molar-refractivity contribution in [3.63, 3.8) is 0 Å². The van der Waals surface area contributed by atoms with Gasteiger partial charge in [0.05, 0.1) is 0 Å². The number of halogens is 2. The second-order valence-corrected chi connectivity index (χ2v) is 4.48. The van der Waals surface area contributed by atoms with E-state index in [1.165, 1.54) is 6.07 Å². The predicted molar refractivity (Wildman–Crippen MR) is 80.1 cm³/mol. The lowest BCUT2D eigenvalue weighted by Gasteiger charge is -2.09. The summed E-state index contributed by atoms with van der Waals surface area (Å²) in [7, 11) is 0. The molecule has 0 spiro atoms. The molecule has 120 valence electrons. The summed E-state index contributed by atoms with van der Waals surface area (Å²) in [5, 5.41) is 4.86. The van der Waals surface area contributed by atoms with Crippen LogP contribution in [-0.4, -0.2) is 18.5 Å². The fourth-order valence-electron chi connectivity index (χ4n) is 1.75. The highest BCUT2D eigenvalue weighted by Gasteiger charge is 2.09. The van der Waals surface area contributed by atoms with Crippen LogP contribution in [0.1, 0.15) is 0 Å². The summed E-state index contributed by atoms with van der Waals surface area (Å²) in [6.45, 7) is -0.462. The third-order valence-electron chi connectivity index (χ3n) is 2.67. The third kappa shape index (κ3) is 4.95. The number of carbonyl (C=O) groups excluding carboxylic acids is 2. The Morgan fingerprint density at radius 3 is 2.39 bits per heavy atom. The zero-order chi connectivity index (χ0) is 16.8. The molecular weight excluding hydrogens is 308 g/mol. The summed E-state index contributed by atoms with van der Waals surface area (Å²) in [5.74, 6) is -2.42. The van der Waals surface area contributed by atoms with E-state index in [-0.39, 0.29) is 5.75 Å². The Bertz CT molecular complexity index is 738. The van der Waals surface area contributed by atoms with E-state index < -0.39 is 30.2 Å². The summed E-state index contributed by atoms with van der Waals surface area (Å²) in [6, 6.07) is 8.30. The van der Waals surface area contributed by atoms with Gasteiger partial charge in [0.1, 0.15) is 5.82 Å². The van der Waals surface area contributed by atoms with Crippen LogP contribution in [0.5, 0.6) is 5.75 Å². The molecule has 0 bridgehead atoms. The highest BCUT2D eigenvalue weighted by Crippen LogP contribution is 2.18. The number of ether oxygens (including phenoxy) is 1. The van der Waals surface area contributed by atoms with Crippen LogP contribution >= 0.6 is 0 Å². The second kappa shape index (κ2) is 7.21. The van der Waals surface area contributed by atoms with Crippen molar-refractivity contribution in [3.8, 4) is 5.75 Å². The smallest absolute Gasteiger partial charge is 0.316 e. The van der Waals surface area contributed by atoms with Gasteiger partial charge in [0.25, 0.3) is 5.91 Å². The molecule has 3 amide bonds. The maximum atomic E-state index is 13.4. The lowest BCUT2D eigenvalue weighted by Crippen LogP contribution is -2.21. The van der Waals surface area contributed by atoms with Crippen molar-refractivity contribution in [3.05, 3.63) is 54.1 Å². The van der Waals surface area contributed by atoms with Gasteiger partial charge in [-0.2, -0.15) is 0 Å². The Labute approximate surface area is 130 Å². The lowest BCUT2D eigenvalue weighted by atomic mass is 10.2. The van der Waals surface area contributed by atoms with E-state index in [0.29, 0.717) is 17.4 Å². The number of nitrogens with two attached hydrogens (primary N) is 1. The Kier molecular flexibility index (Phi) is 5.08. The number of primary amides is 1. The molecule has 0 aliphatic carbocycles. The molecule has 2 rings (SSSR count). The van der Waals surface area contributed by atoms with Gasteiger partial charge in [-0.15, -0.1) is 0 Å². The molecule has 0 aliphatic rings. The fourth-order valence-corrected chi connectivity index (χ4v) is 1.75. The minimum absolute atomic E-state index is 0.231. The molecule has 2 aromatic carbocycles. The summed E-state index contributed by atoms with van der Waals surface area (Å²) in [4.78, 5) is 22.5. The molecule has 0 atom stereocenters. The van der Waals surface area contributed by atoms with Crippen LogP contribution < -0.4 is 21.1 Å². The van der Waals surface area contributed by atoms with Gasteiger partial charge < -0.3 is 21.1 Å². The van der Waals surface area contributed by atoms with Gasteiger partial charge in [0.15, 0.2) is 18.2 Å². The van der Waals surface area contributed by atoms with Crippen molar-refractivity contribution < 1.29 is 23.1 Å². The van der Waals surface area contributed by atoms with Crippen LogP contribution in [0.3, 0.4) is 0 Å². The minimum atomic E-state index is -0.898. The molecule has 0 heterocycles. The predicted octanol–water partition coefficient (Wildman–Crippen LogP) is 2.47. The first-order valence-electron chi connectivity index (χ1n) is 6.48. The van der Waals surface area contributed by atoms with Crippen molar-refractivity contribution in [2.45, 2.75) is 0 Å². The summed E-state index contributed by atoms with van der Waals surface area (Å²) in [6.07, 6.45) is 0. The number of anilines is 2. The Hall–Kier alpha value is -3.16. The van der Waals surface area contributed by atoms with E-state index in [1.807, 2.05) is 0 Å². The monoisotopic (exact) mass is 321 g/mol. The molecule has 8 heteroatoms. The fraction of sp³-hybridized carbons (Fsp3) is 0.0667. The van der Waals surface area contributed by atoms with Crippen LogP contribution in [0.15, 0.2) is 42.5 Å². The van der Waals surface area contributed by atoms with E-state index >= 15 is 0 Å². The van der Waals surface area contributed by atoms with E-state index in [9.17, 15) is 18.4 Å². The maximum absolute atomic E-state index is 13.4. The molecule has 6 nitrogen and oxygen atoms in total. The normalized spacial score (nSPS) is 10.0. The topological polar surface area (TPSA) is 93.5 Å². The van der Waals surface area contributed by atoms with E-state index in [4.69, 9.17) is 10.5 Å². The number of rotatable bonds is 5. The van der Waals surface area contributed by atoms with Crippen LogP contribution in [0.2, 0.25) is 0 Å². The van der Waals surface area contributed by atoms with Gasteiger partial charge in [0, 0.05) is 17.4 Å². The number of amides is 3. The molecule has 2 aromatic rings. The van der Waals surface area contributed by atoms with Crippen molar-refractivity contribution in [2.75, 3.05) is 17.2 Å². The standard InChI is InChI=1S/C15H13F2N3O3/c16-9-4-5-13(12(17)6-9)23-8-14(21)19-10-2-1-3-11(7-10)20-15(18)22/h1-7H,8H2,(H,19,21)(H3,18,20,22). The summed E-state index contributed by atoms with van der Waals surface area (Å²) < 4.78 is 31.1. The SMILES string of the molecule is NC(=O)Nc1cccc(NC(=O)COc2ccc(F)cc2F)c1. The first-order valence-corrected chi connectivity index (χ1v) is 6.48. The van der Waals surface area contributed by atoms with Gasteiger partial charge in [-0.05, 0) is 30.3 Å². The van der Waals surface area contributed by atoms with Crippen molar-refractivity contribution in [1.82, 2.24) is 0 Å². The lowest BCUT2D eigenvalue weighted by molar-refractivity contribution is -0.118.